The summed E-state index contributed by atoms with van der Waals surface area (Å²) >= 11 is 0. The molecule has 22 heavy (non-hydrogen) atoms. The SMILES string of the molecule is C/C=C(\OB(CC)CC)N1C(=O)O[C@@H](c2ccccc2)[C@H]1C. The van der Waals surface area contributed by atoms with Crippen LogP contribution in [-0.2, 0) is 9.39 Å². The molecule has 1 amide bonds. The Labute approximate surface area is 133 Å². The van der Waals surface area contributed by atoms with Gasteiger partial charge in [-0.25, -0.2) is 9.69 Å². The molecule has 1 fully saturated rings. The smallest absolute Gasteiger partial charge is 0.417 e. The van der Waals surface area contributed by atoms with Gasteiger partial charge in [-0.05, 0) is 38.1 Å². The van der Waals surface area contributed by atoms with Gasteiger partial charge in [-0.1, -0.05) is 44.2 Å². The monoisotopic (exact) mass is 301 g/mol. The maximum absolute atomic E-state index is 12.3. The molecule has 1 aromatic carbocycles. The zero-order chi connectivity index (χ0) is 16.1. The molecule has 0 aliphatic carbocycles. The quantitative estimate of drug-likeness (QED) is 0.574. The van der Waals surface area contributed by atoms with E-state index in [2.05, 4.69) is 13.8 Å². The molecule has 4 nitrogen and oxygen atoms in total. The predicted octanol–water partition coefficient (Wildman–Crippen LogP) is 4.48. The lowest BCUT2D eigenvalue weighted by atomic mass is 9.62. The van der Waals surface area contributed by atoms with Gasteiger partial charge in [-0.3, -0.25) is 0 Å². The fourth-order valence-electron chi connectivity index (χ4n) is 2.74. The highest BCUT2D eigenvalue weighted by molar-refractivity contribution is 6.51. The van der Waals surface area contributed by atoms with Gasteiger partial charge in [0.1, 0.15) is 6.10 Å². The molecule has 1 aromatic rings. The Hall–Kier alpha value is -1.91. The number of ether oxygens (including phenoxy) is 1. The van der Waals surface area contributed by atoms with Crippen molar-refractivity contribution in [3.05, 3.63) is 47.9 Å². The van der Waals surface area contributed by atoms with E-state index in [-0.39, 0.29) is 25.2 Å². The van der Waals surface area contributed by atoms with Crippen molar-refractivity contribution in [3.8, 4) is 0 Å². The lowest BCUT2D eigenvalue weighted by Gasteiger charge is -2.26. The number of benzene rings is 1. The van der Waals surface area contributed by atoms with Gasteiger partial charge in [-0.2, -0.15) is 0 Å². The topological polar surface area (TPSA) is 38.8 Å². The molecule has 1 aliphatic rings. The number of nitrogens with zero attached hydrogens (tertiary/aromatic N) is 1. The van der Waals surface area contributed by atoms with E-state index in [9.17, 15) is 4.79 Å². The van der Waals surface area contributed by atoms with Gasteiger partial charge >= 0.3 is 13.0 Å². The molecule has 0 spiro atoms. The van der Waals surface area contributed by atoms with Gasteiger partial charge < -0.3 is 9.39 Å². The standard InChI is InChI=1S/C17H24BNO3/c1-5-15(22-18(6-2)7-3)19-13(4)16(21-17(19)20)14-11-9-8-10-12-14/h5,8-13,16H,6-7H2,1-4H3/b15-5-/t13-,16-/m1/s1. The highest BCUT2D eigenvalue weighted by atomic mass is 16.6. The Balaban J connectivity index is 2.19. The van der Waals surface area contributed by atoms with E-state index in [0.717, 1.165) is 18.2 Å². The molecule has 1 heterocycles. The molecule has 1 aliphatic heterocycles. The molecule has 2 atom stereocenters. The van der Waals surface area contributed by atoms with Crippen molar-refractivity contribution in [2.24, 2.45) is 0 Å². The third-order valence-corrected chi connectivity index (χ3v) is 4.08. The third kappa shape index (κ3) is 3.29. The highest BCUT2D eigenvalue weighted by Gasteiger charge is 2.42. The van der Waals surface area contributed by atoms with Crippen LogP contribution in [-0.4, -0.2) is 24.0 Å². The molecule has 0 radical (unpaired) electrons. The van der Waals surface area contributed by atoms with E-state index in [0.29, 0.717) is 5.88 Å². The lowest BCUT2D eigenvalue weighted by Crippen LogP contribution is -2.34. The zero-order valence-corrected chi connectivity index (χ0v) is 13.8. The minimum atomic E-state index is -0.347. The summed E-state index contributed by atoms with van der Waals surface area (Å²) < 4.78 is 11.6. The van der Waals surface area contributed by atoms with Gasteiger partial charge in [0.05, 0.1) is 6.04 Å². The average molecular weight is 301 g/mol. The Morgan fingerprint density at radius 3 is 2.50 bits per heavy atom. The highest BCUT2D eigenvalue weighted by Crippen LogP contribution is 2.35. The van der Waals surface area contributed by atoms with E-state index in [1.165, 1.54) is 0 Å². The first kappa shape index (κ1) is 16.5. The summed E-state index contributed by atoms with van der Waals surface area (Å²) in [5.41, 5.74) is 1.00. The van der Waals surface area contributed by atoms with Gasteiger partial charge in [0.2, 0.25) is 0 Å². The summed E-state index contributed by atoms with van der Waals surface area (Å²) in [6, 6.07) is 9.72. The van der Waals surface area contributed by atoms with E-state index >= 15 is 0 Å². The predicted molar refractivity (Wildman–Crippen MR) is 88.5 cm³/mol. The first-order chi connectivity index (χ1) is 10.6. The molecule has 0 aromatic heterocycles. The Bertz CT molecular complexity index is 528. The fourth-order valence-corrected chi connectivity index (χ4v) is 2.74. The molecule has 0 N–H and O–H groups in total. The minimum absolute atomic E-state index is 0.101. The summed E-state index contributed by atoms with van der Waals surface area (Å²) in [6.07, 6.45) is 3.04. The fraction of sp³-hybridized carbons (Fsp3) is 0.471. The van der Waals surface area contributed by atoms with Crippen LogP contribution >= 0.6 is 0 Å². The summed E-state index contributed by atoms with van der Waals surface area (Å²) in [6.45, 7) is 8.15. The van der Waals surface area contributed by atoms with Crippen LogP contribution < -0.4 is 0 Å². The molecular weight excluding hydrogens is 277 g/mol. The number of hydrogen-bond acceptors (Lipinski definition) is 3. The summed E-state index contributed by atoms with van der Waals surface area (Å²) in [4.78, 5) is 13.9. The van der Waals surface area contributed by atoms with Gasteiger partial charge in [0.25, 0.3) is 0 Å². The van der Waals surface area contributed by atoms with Crippen molar-refractivity contribution in [3.63, 3.8) is 0 Å². The maximum atomic E-state index is 12.3. The second kappa shape index (κ2) is 7.39. The first-order valence-electron chi connectivity index (χ1n) is 8.00. The van der Waals surface area contributed by atoms with Crippen LogP contribution in [0.1, 0.15) is 39.4 Å². The van der Waals surface area contributed by atoms with Crippen molar-refractivity contribution >= 4 is 13.0 Å². The van der Waals surface area contributed by atoms with E-state index in [1.54, 1.807) is 4.90 Å². The average Bonchev–Trinajstić information content (AvgIpc) is 2.85. The molecule has 0 unspecified atom stereocenters. The van der Waals surface area contributed by atoms with Crippen molar-refractivity contribution < 1.29 is 14.2 Å². The van der Waals surface area contributed by atoms with Gasteiger partial charge in [0.15, 0.2) is 5.88 Å². The summed E-state index contributed by atoms with van der Waals surface area (Å²) in [5, 5.41) is 0. The molecule has 5 heteroatoms. The van der Waals surface area contributed by atoms with E-state index < -0.39 is 0 Å². The number of allylic oxidation sites excluding steroid dienone is 1. The number of carbonyl (C=O) groups excluding carboxylic acids is 1. The largest absolute Gasteiger partial charge is 0.549 e. The summed E-state index contributed by atoms with van der Waals surface area (Å²) in [5.74, 6) is 0.588. The zero-order valence-electron chi connectivity index (χ0n) is 13.8. The first-order valence-corrected chi connectivity index (χ1v) is 8.00. The molecule has 1 saturated heterocycles. The van der Waals surface area contributed by atoms with E-state index in [1.807, 2.05) is 50.3 Å². The number of cyclic esters (lactones) is 1. The Kier molecular flexibility index (Phi) is 5.53. The van der Waals surface area contributed by atoms with Gasteiger partial charge in [-0.15, -0.1) is 0 Å². The molecule has 118 valence electrons. The minimum Gasteiger partial charge on any atom is -0.549 e. The number of amides is 1. The molecule has 0 saturated carbocycles. The van der Waals surface area contributed by atoms with Crippen LogP contribution in [0.5, 0.6) is 0 Å². The third-order valence-electron chi connectivity index (χ3n) is 4.08. The molecule has 0 bridgehead atoms. The van der Waals surface area contributed by atoms with Crippen LogP contribution in [0.4, 0.5) is 4.79 Å². The van der Waals surface area contributed by atoms with Crippen molar-refractivity contribution in [2.75, 3.05) is 0 Å². The van der Waals surface area contributed by atoms with Gasteiger partial charge in [0, 0.05) is 0 Å². The summed E-state index contributed by atoms with van der Waals surface area (Å²) in [7, 11) is 0. The lowest BCUT2D eigenvalue weighted by molar-refractivity contribution is 0.129. The number of carbonyl (C=O) groups is 1. The van der Waals surface area contributed by atoms with Crippen LogP contribution in [0, 0.1) is 0 Å². The number of hydrogen-bond donors (Lipinski definition) is 0. The maximum Gasteiger partial charge on any atom is 0.417 e. The normalized spacial score (nSPS) is 21.7. The molecule has 2 rings (SSSR count). The van der Waals surface area contributed by atoms with Crippen molar-refractivity contribution in [1.29, 1.82) is 0 Å². The van der Waals surface area contributed by atoms with Crippen molar-refractivity contribution in [1.82, 2.24) is 4.90 Å². The second-order valence-electron chi connectivity index (χ2n) is 5.51. The van der Waals surface area contributed by atoms with Crippen LogP contribution in [0.3, 0.4) is 0 Å². The van der Waals surface area contributed by atoms with Crippen LogP contribution in [0.15, 0.2) is 42.3 Å². The Morgan fingerprint density at radius 1 is 1.32 bits per heavy atom. The van der Waals surface area contributed by atoms with Crippen LogP contribution in [0.25, 0.3) is 0 Å². The number of rotatable bonds is 6. The Morgan fingerprint density at radius 2 is 1.95 bits per heavy atom. The van der Waals surface area contributed by atoms with E-state index in [4.69, 9.17) is 9.39 Å². The second-order valence-corrected chi connectivity index (χ2v) is 5.51. The van der Waals surface area contributed by atoms with Crippen LogP contribution in [0.2, 0.25) is 12.6 Å². The van der Waals surface area contributed by atoms with Crippen molar-refractivity contribution in [2.45, 2.75) is 52.5 Å². The molecular formula is C17H24BNO3.